The second-order valence-corrected chi connectivity index (χ2v) is 6.56. The number of hydrogen-bond donors (Lipinski definition) is 1. The molecule has 1 aliphatic heterocycles. The molecule has 0 fully saturated rings. The first-order valence-electron chi connectivity index (χ1n) is 8.88. The zero-order valence-electron chi connectivity index (χ0n) is 15.5. The van der Waals surface area contributed by atoms with E-state index in [2.05, 4.69) is 10.3 Å². The molecule has 6 heteroatoms. The van der Waals surface area contributed by atoms with Crippen LogP contribution in [-0.4, -0.2) is 24.0 Å². The zero-order chi connectivity index (χ0) is 19.7. The highest BCUT2D eigenvalue weighted by molar-refractivity contribution is 6.11. The second kappa shape index (κ2) is 7.15. The maximum absolute atomic E-state index is 13.0. The molecule has 1 atom stereocenters. The Morgan fingerprint density at radius 3 is 2.46 bits per heavy atom. The molecule has 0 aliphatic carbocycles. The van der Waals surface area contributed by atoms with E-state index in [-0.39, 0.29) is 5.91 Å². The fourth-order valence-corrected chi connectivity index (χ4v) is 3.27. The molecular weight excluding hydrogens is 354 g/mol. The summed E-state index contributed by atoms with van der Waals surface area (Å²) in [5, 5.41) is 3.37. The van der Waals surface area contributed by atoms with E-state index in [1.54, 1.807) is 47.5 Å². The number of carbonyl (C=O) groups excluding carboxylic acids is 2. The number of benzene rings is 2. The molecule has 0 unspecified atom stereocenters. The minimum absolute atomic E-state index is 0.101. The minimum atomic E-state index is -0.449. The maximum Gasteiger partial charge on any atom is 0.337 e. The van der Waals surface area contributed by atoms with Crippen LogP contribution in [0.4, 0.5) is 11.4 Å². The van der Waals surface area contributed by atoms with E-state index in [4.69, 9.17) is 4.74 Å². The number of nitrogens with zero attached hydrogens (tertiary/aromatic N) is 2. The molecule has 140 valence electrons. The summed E-state index contributed by atoms with van der Waals surface area (Å²) in [5.41, 5.74) is 4.38. The summed E-state index contributed by atoms with van der Waals surface area (Å²) in [6, 6.07) is 18.3. The number of fused-ring (bicyclic) bond motifs is 1. The van der Waals surface area contributed by atoms with Gasteiger partial charge in [0.25, 0.3) is 5.91 Å². The van der Waals surface area contributed by atoms with Gasteiger partial charge in [-0.05, 0) is 55.5 Å². The van der Waals surface area contributed by atoms with Gasteiger partial charge in [-0.3, -0.25) is 14.7 Å². The van der Waals surface area contributed by atoms with Gasteiger partial charge in [-0.2, -0.15) is 0 Å². The van der Waals surface area contributed by atoms with Crippen molar-refractivity contribution in [3.05, 3.63) is 89.2 Å². The molecule has 0 spiro atoms. The minimum Gasteiger partial charge on any atom is -0.465 e. The van der Waals surface area contributed by atoms with Gasteiger partial charge in [0.1, 0.15) is 0 Å². The summed E-state index contributed by atoms with van der Waals surface area (Å²) < 4.78 is 4.73. The molecule has 4 rings (SSSR count). The number of rotatable bonds is 4. The normalized spacial score (nSPS) is 15.3. The van der Waals surface area contributed by atoms with E-state index in [0.29, 0.717) is 16.8 Å². The van der Waals surface area contributed by atoms with Crippen LogP contribution in [0.1, 0.15) is 38.1 Å². The molecule has 1 amide bonds. The quantitative estimate of drug-likeness (QED) is 0.701. The van der Waals surface area contributed by atoms with Crippen molar-refractivity contribution < 1.29 is 14.3 Å². The van der Waals surface area contributed by atoms with Crippen LogP contribution in [0.25, 0.3) is 0 Å². The van der Waals surface area contributed by atoms with Crippen LogP contribution in [0.5, 0.6) is 0 Å². The number of anilines is 2. The summed E-state index contributed by atoms with van der Waals surface area (Å²) >= 11 is 0. The highest BCUT2D eigenvalue weighted by Gasteiger charge is 2.38. The molecular formula is C22H19N3O3. The maximum atomic E-state index is 13.0. The van der Waals surface area contributed by atoms with Crippen molar-refractivity contribution in [3.8, 4) is 0 Å². The zero-order valence-corrected chi connectivity index (χ0v) is 15.5. The monoisotopic (exact) mass is 373 g/mol. The number of aryl methyl sites for hydroxylation is 1. The standard InChI is InChI=1S/C22H19N3O3/c1-14-5-11-17(12-6-14)25-20(19-18(21(25)26)4-3-13-23-19)24-16-9-7-15(8-10-16)22(27)28-2/h3-13,20,24H,1-2H3/t20-/m0/s1. The third-order valence-corrected chi connectivity index (χ3v) is 4.73. The molecule has 2 heterocycles. The lowest BCUT2D eigenvalue weighted by molar-refractivity contribution is 0.0600. The fourth-order valence-electron chi connectivity index (χ4n) is 3.27. The van der Waals surface area contributed by atoms with Crippen LogP contribution < -0.4 is 10.2 Å². The van der Waals surface area contributed by atoms with Crippen LogP contribution in [0.3, 0.4) is 0 Å². The van der Waals surface area contributed by atoms with Gasteiger partial charge in [0.2, 0.25) is 0 Å². The lowest BCUT2D eigenvalue weighted by Gasteiger charge is -2.26. The first-order chi connectivity index (χ1) is 13.6. The van der Waals surface area contributed by atoms with E-state index in [0.717, 1.165) is 16.9 Å². The average molecular weight is 373 g/mol. The predicted octanol–water partition coefficient (Wildman–Crippen LogP) is 3.95. The third kappa shape index (κ3) is 3.09. The molecule has 1 N–H and O–H groups in total. The highest BCUT2D eigenvalue weighted by Crippen LogP contribution is 2.36. The summed E-state index contributed by atoms with van der Waals surface area (Å²) in [4.78, 5) is 30.8. The van der Waals surface area contributed by atoms with Crippen molar-refractivity contribution in [1.82, 2.24) is 4.98 Å². The molecule has 0 saturated heterocycles. The molecule has 0 bridgehead atoms. The summed E-state index contributed by atoms with van der Waals surface area (Å²) in [5.74, 6) is -0.494. The van der Waals surface area contributed by atoms with E-state index < -0.39 is 12.1 Å². The Labute approximate surface area is 162 Å². The number of pyridine rings is 1. The largest absolute Gasteiger partial charge is 0.465 e. The lowest BCUT2D eigenvalue weighted by atomic mass is 10.2. The summed E-state index contributed by atoms with van der Waals surface area (Å²) in [7, 11) is 1.35. The van der Waals surface area contributed by atoms with Gasteiger partial charge in [0.05, 0.1) is 23.9 Å². The Kier molecular flexibility index (Phi) is 4.53. The van der Waals surface area contributed by atoms with E-state index in [1.807, 2.05) is 31.2 Å². The Bertz CT molecular complexity index is 1030. The van der Waals surface area contributed by atoms with Crippen molar-refractivity contribution in [2.24, 2.45) is 0 Å². The molecule has 0 saturated carbocycles. The Morgan fingerprint density at radius 1 is 1.07 bits per heavy atom. The number of aromatic nitrogens is 1. The SMILES string of the molecule is COC(=O)c1ccc(N[C@@H]2c3ncccc3C(=O)N2c2ccc(C)cc2)cc1. The van der Waals surface area contributed by atoms with Crippen molar-refractivity contribution in [2.45, 2.75) is 13.1 Å². The highest BCUT2D eigenvalue weighted by atomic mass is 16.5. The van der Waals surface area contributed by atoms with Gasteiger partial charge in [-0.1, -0.05) is 17.7 Å². The van der Waals surface area contributed by atoms with Gasteiger partial charge in [0, 0.05) is 17.6 Å². The molecule has 28 heavy (non-hydrogen) atoms. The Balaban J connectivity index is 1.70. The first-order valence-corrected chi connectivity index (χ1v) is 8.88. The predicted molar refractivity (Wildman–Crippen MR) is 106 cm³/mol. The van der Waals surface area contributed by atoms with E-state index in [1.165, 1.54) is 7.11 Å². The lowest BCUT2D eigenvalue weighted by Crippen LogP contribution is -2.32. The topological polar surface area (TPSA) is 71.5 Å². The summed E-state index contributed by atoms with van der Waals surface area (Å²) in [6.45, 7) is 2.00. The molecule has 6 nitrogen and oxygen atoms in total. The van der Waals surface area contributed by atoms with E-state index in [9.17, 15) is 9.59 Å². The smallest absolute Gasteiger partial charge is 0.337 e. The van der Waals surface area contributed by atoms with Crippen molar-refractivity contribution in [2.75, 3.05) is 17.3 Å². The van der Waals surface area contributed by atoms with Gasteiger partial charge in [-0.25, -0.2) is 4.79 Å². The molecule has 1 aliphatic rings. The number of carbonyl (C=O) groups is 2. The van der Waals surface area contributed by atoms with Crippen LogP contribution in [0.15, 0.2) is 66.9 Å². The first kappa shape index (κ1) is 17.7. The van der Waals surface area contributed by atoms with Gasteiger partial charge in [0.15, 0.2) is 6.17 Å². The third-order valence-electron chi connectivity index (χ3n) is 4.73. The molecule has 0 radical (unpaired) electrons. The van der Waals surface area contributed by atoms with E-state index >= 15 is 0 Å². The van der Waals surface area contributed by atoms with Crippen LogP contribution >= 0.6 is 0 Å². The number of hydrogen-bond acceptors (Lipinski definition) is 5. The number of esters is 1. The van der Waals surface area contributed by atoms with Crippen molar-refractivity contribution >= 4 is 23.3 Å². The second-order valence-electron chi connectivity index (χ2n) is 6.56. The molecule has 3 aromatic rings. The average Bonchev–Trinajstić information content (AvgIpc) is 3.01. The number of nitrogens with one attached hydrogen (secondary N) is 1. The van der Waals surface area contributed by atoms with Crippen LogP contribution in [0, 0.1) is 6.92 Å². The fraction of sp³-hybridized carbons (Fsp3) is 0.136. The number of amides is 1. The Hall–Kier alpha value is -3.67. The van der Waals surface area contributed by atoms with Crippen LogP contribution in [-0.2, 0) is 4.74 Å². The van der Waals surface area contributed by atoms with Crippen molar-refractivity contribution in [3.63, 3.8) is 0 Å². The number of ether oxygens (including phenoxy) is 1. The van der Waals surface area contributed by atoms with Crippen molar-refractivity contribution in [1.29, 1.82) is 0 Å². The van der Waals surface area contributed by atoms with Gasteiger partial charge < -0.3 is 10.1 Å². The Morgan fingerprint density at radius 2 is 1.79 bits per heavy atom. The van der Waals surface area contributed by atoms with Gasteiger partial charge in [-0.15, -0.1) is 0 Å². The number of methoxy groups -OCH3 is 1. The van der Waals surface area contributed by atoms with Crippen LogP contribution in [0.2, 0.25) is 0 Å². The molecule has 1 aromatic heterocycles. The molecule has 2 aromatic carbocycles. The summed E-state index contributed by atoms with van der Waals surface area (Å²) in [6.07, 6.45) is 1.23. The van der Waals surface area contributed by atoms with Gasteiger partial charge >= 0.3 is 5.97 Å².